The number of furan rings is 1. The summed E-state index contributed by atoms with van der Waals surface area (Å²) in [7, 11) is 0. The van der Waals surface area contributed by atoms with E-state index in [9.17, 15) is 19.7 Å². The van der Waals surface area contributed by atoms with Gasteiger partial charge in [-0.1, -0.05) is 66.2 Å². The zero-order chi connectivity index (χ0) is 23.4. The molecule has 0 radical (unpaired) electrons. The lowest BCUT2D eigenvalue weighted by Gasteiger charge is -2.05. The number of nitrogens with zero attached hydrogens (tertiary/aromatic N) is 1. The molecule has 33 heavy (non-hydrogen) atoms. The minimum absolute atomic E-state index is 0.00903. The SMILES string of the molecule is O=C(COC(=O)c1ccc(-c2ccc(Cl)c([N+](=O)[O-])c2)o1)c1ccc(-c2ccccc2)cc1. The van der Waals surface area contributed by atoms with Crippen LogP contribution in [0.5, 0.6) is 0 Å². The molecule has 1 aromatic heterocycles. The van der Waals surface area contributed by atoms with E-state index >= 15 is 0 Å². The van der Waals surface area contributed by atoms with Crippen molar-refractivity contribution in [3.63, 3.8) is 0 Å². The van der Waals surface area contributed by atoms with Crippen molar-refractivity contribution >= 4 is 29.0 Å². The van der Waals surface area contributed by atoms with Gasteiger partial charge in [0.2, 0.25) is 5.76 Å². The smallest absolute Gasteiger partial charge is 0.374 e. The molecular weight excluding hydrogens is 446 g/mol. The molecule has 8 heteroatoms. The van der Waals surface area contributed by atoms with Crippen LogP contribution in [0.1, 0.15) is 20.9 Å². The van der Waals surface area contributed by atoms with Crippen molar-refractivity contribution in [3.05, 3.63) is 111 Å². The van der Waals surface area contributed by atoms with Gasteiger partial charge in [0.25, 0.3) is 5.69 Å². The number of rotatable bonds is 7. The van der Waals surface area contributed by atoms with Gasteiger partial charge in [-0.15, -0.1) is 0 Å². The second kappa shape index (κ2) is 9.50. The normalized spacial score (nSPS) is 10.6. The first-order valence-corrected chi connectivity index (χ1v) is 10.2. The van der Waals surface area contributed by atoms with E-state index in [0.29, 0.717) is 11.1 Å². The van der Waals surface area contributed by atoms with Crippen LogP contribution in [0.25, 0.3) is 22.5 Å². The molecule has 0 unspecified atom stereocenters. The van der Waals surface area contributed by atoms with Crippen molar-refractivity contribution < 1.29 is 23.7 Å². The van der Waals surface area contributed by atoms with Crippen LogP contribution in [0.15, 0.2) is 89.3 Å². The Morgan fingerprint density at radius 3 is 2.24 bits per heavy atom. The first-order chi connectivity index (χ1) is 15.9. The maximum atomic E-state index is 12.4. The topological polar surface area (TPSA) is 99.7 Å². The zero-order valence-electron chi connectivity index (χ0n) is 17.1. The number of carbonyl (C=O) groups excluding carboxylic acids is 2. The highest BCUT2D eigenvalue weighted by atomic mass is 35.5. The number of benzene rings is 3. The van der Waals surface area contributed by atoms with E-state index in [4.69, 9.17) is 20.8 Å². The molecule has 0 aliphatic rings. The van der Waals surface area contributed by atoms with Crippen molar-refractivity contribution in [2.45, 2.75) is 0 Å². The van der Waals surface area contributed by atoms with Crippen LogP contribution in [-0.4, -0.2) is 23.3 Å². The lowest BCUT2D eigenvalue weighted by atomic mass is 10.0. The van der Waals surface area contributed by atoms with Gasteiger partial charge in [0, 0.05) is 17.2 Å². The molecule has 4 aromatic rings. The summed E-state index contributed by atoms with van der Waals surface area (Å²) in [6, 6.07) is 23.8. The van der Waals surface area contributed by atoms with Gasteiger partial charge in [0.15, 0.2) is 12.4 Å². The highest BCUT2D eigenvalue weighted by Crippen LogP contribution is 2.31. The Morgan fingerprint density at radius 2 is 1.55 bits per heavy atom. The van der Waals surface area contributed by atoms with Crippen molar-refractivity contribution in [1.82, 2.24) is 0 Å². The van der Waals surface area contributed by atoms with Gasteiger partial charge >= 0.3 is 5.97 Å². The van der Waals surface area contributed by atoms with E-state index in [-0.39, 0.29) is 28.0 Å². The predicted octanol–water partition coefficient (Wildman–Crippen LogP) is 6.21. The molecule has 0 atom stereocenters. The van der Waals surface area contributed by atoms with E-state index in [0.717, 1.165) is 11.1 Å². The van der Waals surface area contributed by atoms with Crippen molar-refractivity contribution in [1.29, 1.82) is 0 Å². The summed E-state index contributed by atoms with van der Waals surface area (Å²) in [6.07, 6.45) is 0. The van der Waals surface area contributed by atoms with E-state index in [1.807, 2.05) is 42.5 Å². The summed E-state index contributed by atoms with van der Waals surface area (Å²) >= 11 is 5.82. The van der Waals surface area contributed by atoms with E-state index in [2.05, 4.69) is 0 Å². The van der Waals surface area contributed by atoms with Crippen molar-refractivity contribution in [3.8, 4) is 22.5 Å². The molecule has 0 amide bonds. The highest BCUT2D eigenvalue weighted by Gasteiger charge is 2.19. The fourth-order valence-corrected chi connectivity index (χ4v) is 3.36. The maximum absolute atomic E-state index is 12.4. The molecule has 0 aliphatic carbocycles. The molecule has 0 aliphatic heterocycles. The Labute approximate surface area is 193 Å². The fraction of sp³-hybridized carbons (Fsp3) is 0.0400. The largest absolute Gasteiger partial charge is 0.451 e. The molecular formula is C25H16ClNO6. The van der Waals surface area contributed by atoms with E-state index in [1.165, 1.54) is 30.3 Å². The van der Waals surface area contributed by atoms with Crippen LogP contribution >= 0.6 is 11.6 Å². The highest BCUT2D eigenvalue weighted by molar-refractivity contribution is 6.32. The van der Waals surface area contributed by atoms with Crippen LogP contribution in [0.2, 0.25) is 5.02 Å². The van der Waals surface area contributed by atoms with Gasteiger partial charge in [-0.25, -0.2) is 4.79 Å². The van der Waals surface area contributed by atoms with Crippen LogP contribution < -0.4 is 0 Å². The molecule has 3 aromatic carbocycles. The second-order valence-electron chi connectivity index (χ2n) is 7.03. The van der Waals surface area contributed by atoms with Crippen LogP contribution in [0.4, 0.5) is 5.69 Å². The Balaban J connectivity index is 1.39. The summed E-state index contributed by atoms with van der Waals surface area (Å²) in [4.78, 5) is 35.2. The molecule has 164 valence electrons. The standard InChI is InChI=1S/C25H16ClNO6/c26-20-11-10-19(14-21(20)27(30)31)23-12-13-24(33-23)25(29)32-15-22(28)18-8-6-17(7-9-18)16-4-2-1-3-5-16/h1-14H,15H2. The molecule has 4 rings (SSSR count). The van der Waals surface area contributed by atoms with Crippen molar-refractivity contribution in [2.24, 2.45) is 0 Å². The molecule has 0 fully saturated rings. The number of halogens is 1. The Kier molecular flexibility index (Phi) is 6.33. The number of esters is 1. The minimum atomic E-state index is -0.820. The Bertz CT molecular complexity index is 1330. The first kappa shape index (κ1) is 22.0. The summed E-state index contributed by atoms with van der Waals surface area (Å²) in [5.74, 6) is -1.08. The lowest BCUT2D eigenvalue weighted by Crippen LogP contribution is -2.13. The van der Waals surface area contributed by atoms with Gasteiger partial charge in [-0.05, 0) is 35.4 Å². The third kappa shape index (κ3) is 4.99. The van der Waals surface area contributed by atoms with Gasteiger partial charge in [0.1, 0.15) is 10.8 Å². The van der Waals surface area contributed by atoms with Crippen LogP contribution in [-0.2, 0) is 4.74 Å². The molecule has 0 N–H and O–H groups in total. The number of carbonyl (C=O) groups is 2. The predicted molar refractivity (Wildman–Crippen MR) is 122 cm³/mol. The van der Waals surface area contributed by atoms with Gasteiger partial charge in [-0.3, -0.25) is 14.9 Å². The average Bonchev–Trinajstić information content (AvgIpc) is 3.33. The molecule has 1 heterocycles. The number of hydrogen-bond acceptors (Lipinski definition) is 6. The number of ketones is 1. The first-order valence-electron chi connectivity index (χ1n) is 9.82. The average molecular weight is 462 g/mol. The lowest BCUT2D eigenvalue weighted by molar-refractivity contribution is -0.384. The van der Waals surface area contributed by atoms with Gasteiger partial charge in [-0.2, -0.15) is 0 Å². The molecule has 0 spiro atoms. The van der Waals surface area contributed by atoms with Gasteiger partial charge < -0.3 is 9.15 Å². The summed E-state index contributed by atoms with van der Waals surface area (Å²) in [5.41, 5.74) is 2.51. The van der Waals surface area contributed by atoms with Crippen molar-refractivity contribution in [2.75, 3.05) is 6.61 Å². The molecule has 0 bridgehead atoms. The monoisotopic (exact) mass is 461 g/mol. The minimum Gasteiger partial charge on any atom is -0.451 e. The summed E-state index contributed by atoms with van der Waals surface area (Å²) < 4.78 is 10.5. The molecule has 0 saturated carbocycles. The Morgan fingerprint density at radius 1 is 0.879 bits per heavy atom. The maximum Gasteiger partial charge on any atom is 0.374 e. The summed E-state index contributed by atoms with van der Waals surface area (Å²) in [5, 5.41) is 11.1. The molecule has 0 saturated heterocycles. The number of nitro benzene ring substituents is 1. The van der Waals surface area contributed by atoms with Crippen LogP contribution in [0, 0.1) is 10.1 Å². The zero-order valence-corrected chi connectivity index (χ0v) is 17.8. The third-order valence-corrected chi connectivity index (χ3v) is 5.20. The number of Topliss-reactive ketones (excluding diaryl/α,β-unsaturated/α-hetero) is 1. The third-order valence-electron chi connectivity index (χ3n) is 4.88. The van der Waals surface area contributed by atoms with Crippen LogP contribution in [0.3, 0.4) is 0 Å². The number of ether oxygens (including phenoxy) is 1. The fourth-order valence-electron chi connectivity index (χ4n) is 3.17. The van der Waals surface area contributed by atoms with E-state index in [1.54, 1.807) is 12.1 Å². The second-order valence-corrected chi connectivity index (χ2v) is 7.44. The number of hydrogen-bond donors (Lipinski definition) is 0. The number of nitro groups is 1. The van der Waals surface area contributed by atoms with E-state index < -0.39 is 17.5 Å². The summed E-state index contributed by atoms with van der Waals surface area (Å²) in [6.45, 7) is -0.452. The Hall–Kier alpha value is -4.23. The quantitative estimate of drug-likeness (QED) is 0.140. The van der Waals surface area contributed by atoms with Gasteiger partial charge in [0.05, 0.1) is 4.92 Å². The molecule has 7 nitrogen and oxygen atoms in total.